The third-order valence-corrected chi connectivity index (χ3v) is 14.3. The monoisotopic (exact) mass is 669 g/mol. The lowest BCUT2D eigenvalue weighted by Crippen LogP contribution is -2.64. The van der Waals surface area contributed by atoms with Crippen LogP contribution in [0.25, 0.3) is 0 Å². The van der Waals surface area contributed by atoms with Crippen LogP contribution in [0, 0.1) is 23.6 Å². The maximum atomic E-state index is 16.1. The zero-order chi connectivity index (χ0) is 32.8. The summed E-state index contributed by atoms with van der Waals surface area (Å²) in [6.45, 7) is 5.49. The number of methoxy groups -OCH3 is 1. The molecule has 0 N–H and O–H groups in total. The largest absolute Gasteiger partial charge is 0.469 e. The van der Waals surface area contributed by atoms with Crippen molar-refractivity contribution in [2.75, 3.05) is 64.4 Å². The molecule has 2 aromatic carbocycles. The van der Waals surface area contributed by atoms with E-state index >= 15 is 4.39 Å². The Bertz CT molecular complexity index is 1530. The number of ether oxygens (including phenoxy) is 1. The maximum Gasteiger partial charge on any atom is 0.305 e. The molecule has 0 bridgehead atoms. The van der Waals surface area contributed by atoms with Crippen molar-refractivity contribution in [3.05, 3.63) is 59.9 Å². The predicted molar refractivity (Wildman–Crippen MR) is 178 cm³/mol. The highest BCUT2D eigenvalue weighted by Gasteiger charge is 2.53. The van der Waals surface area contributed by atoms with Crippen molar-refractivity contribution >= 4 is 21.5 Å². The van der Waals surface area contributed by atoms with E-state index in [2.05, 4.69) is 15.9 Å². The van der Waals surface area contributed by atoms with Gasteiger partial charge in [0.05, 0.1) is 30.3 Å². The molecule has 2 aliphatic carbocycles. The first-order valence-electron chi connectivity index (χ1n) is 17.6. The molecule has 7 nitrogen and oxygen atoms in total. The second-order valence-electron chi connectivity index (χ2n) is 15.1. The quantitative estimate of drug-likeness (QED) is 0.272. The first-order chi connectivity index (χ1) is 22.6. The minimum atomic E-state index is -3.24. The number of carbonyl (C=O) groups excluding carboxylic acids is 1. The van der Waals surface area contributed by atoms with E-state index in [-0.39, 0.29) is 34.3 Å². The highest BCUT2D eigenvalue weighted by atomic mass is 32.2. The Morgan fingerprint density at radius 3 is 2.28 bits per heavy atom. The smallest absolute Gasteiger partial charge is 0.305 e. The van der Waals surface area contributed by atoms with Crippen LogP contribution in [0.1, 0.15) is 63.4 Å². The lowest BCUT2D eigenvalue weighted by molar-refractivity contribution is -0.142. The van der Waals surface area contributed by atoms with Gasteiger partial charge in [0.1, 0.15) is 5.82 Å². The third kappa shape index (κ3) is 6.58. The number of likely N-dealkylation sites (tertiary alicyclic amines) is 2. The minimum Gasteiger partial charge on any atom is -0.469 e. The van der Waals surface area contributed by atoms with E-state index in [0.717, 1.165) is 88.9 Å². The molecule has 0 amide bonds. The van der Waals surface area contributed by atoms with Gasteiger partial charge in [-0.25, -0.2) is 17.2 Å². The van der Waals surface area contributed by atoms with Crippen LogP contribution in [0.5, 0.6) is 0 Å². The van der Waals surface area contributed by atoms with E-state index in [1.165, 1.54) is 19.6 Å². The number of carbonyl (C=O) groups is 1. The molecule has 5 aliphatic rings. The van der Waals surface area contributed by atoms with Gasteiger partial charge in [0.2, 0.25) is 0 Å². The van der Waals surface area contributed by atoms with Crippen molar-refractivity contribution in [1.82, 2.24) is 9.80 Å². The van der Waals surface area contributed by atoms with Crippen molar-refractivity contribution in [1.29, 1.82) is 0 Å². The fraction of sp³-hybridized carbons (Fsp3) is 0.649. The summed E-state index contributed by atoms with van der Waals surface area (Å²) in [5.41, 5.74) is 0.302. The van der Waals surface area contributed by atoms with Gasteiger partial charge in [0.15, 0.2) is 15.5 Å². The molecule has 2 aromatic rings. The Labute approximate surface area is 278 Å². The number of esters is 1. The predicted octanol–water partition coefficient (Wildman–Crippen LogP) is 5.63. The fourth-order valence-corrected chi connectivity index (χ4v) is 11.0. The van der Waals surface area contributed by atoms with Crippen LogP contribution in [-0.4, -0.2) is 94.6 Å². The molecule has 0 unspecified atom stereocenters. The first-order valence-corrected chi connectivity index (χ1v) is 19.2. The van der Waals surface area contributed by atoms with Gasteiger partial charge in [-0.3, -0.25) is 9.69 Å². The Hall–Kier alpha value is -2.56. The molecule has 0 spiro atoms. The van der Waals surface area contributed by atoms with E-state index < -0.39 is 15.5 Å². The zero-order valence-electron chi connectivity index (χ0n) is 27.6. The Balaban J connectivity index is 1.05. The van der Waals surface area contributed by atoms with Gasteiger partial charge in [-0.2, -0.15) is 0 Å². The molecule has 5 fully saturated rings. The molecular formula is C37H49F2N3O4S. The van der Waals surface area contributed by atoms with E-state index in [1.54, 1.807) is 30.3 Å². The lowest BCUT2D eigenvalue weighted by atomic mass is 9.56. The zero-order valence-corrected chi connectivity index (χ0v) is 28.4. The van der Waals surface area contributed by atoms with Gasteiger partial charge >= 0.3 is 5.97 Å². The Morgan fingerprint density at radius 1 is 0.936 bits per heavy atom. The van der Waals surface area contributed by atoms with Crippen molar-refractivity contribution in [2.45, 2.75) is 79.0 Å². The van der Waals surface area contributed by atoms with E-state index in [1.807, 2.05) is 11.0 Å². The highest BCUT2D eigenvalue weighted by Crippen LogP contribution is 2.54. The number of sulfone groups is 1. The van der Waals surface area contributed by atoms with Gasteiger partial charge in [-0.05, 0) is 131 Å². The van der Waals surface area contributed by atoms with Crippen LogP contribution >= 0.6 is 0 Å². The molecule has 10 heteroatoms. The standard InChI is InChI=1S/C37H49F2N3O4S/c1-46-35(43)21-27-5-2-8-34(27)37(26-40-17-4-18-40,29-6-3-7-30(38)22-29)28-15-19-41(20-16-28)23-36(39)24-42(25-36)31-9-11-32(12-10-31)47(44,45)33-13-14-33/h3,6-7,9-12,22,27-28,33-34H,2,4-5,8,13-21,23-26H2,1H3/t27-,34+,37+/m1/s1. The molecule has 3 saturated heterocycles. The minimum absolute atomic E-state index is 0.171. The second-order valence-corrected chi connectivity index (χ2v) is 17.3. The van der Waals surface area contributed by atoms with Crippen LogP contribution in [-0.2, 0) is 24.8 Å². The average Bonchev–Trinajstić information content (AvgIpc) is 3.80. The first kappa shape index (κ1) is 33.0. The van der Waals surface area contributed by atoms with E-state index in [4.69, 9.17) is 4.74 Å². The Morgan fingerprint density at radius 2 is 1.66 bits per heavy atom. The summed E-state index contributed by atoms with van der Waals surface area (Å²) in [6.07, 6.45) is 7.91. The van der Waals surface area contributed by atoms with Crippen LogP contribution < -0.4 is 4.90 Å². The molecule has 7 rings (SSSR count). The van der Waals surface area contributed by atoms with Gasteiger partial charge in [0.25, 0.3) is 0 Å². The summed E-state index contributed by atoms with van der Waals surface area (Å²) in [4.78, 5) is 19.7. The Kier molecular flexibility index (Phi) is 9.15. The van der Waals surface area contributed by atoms with Crippen molar-refractivity contribution in [2.24, 2.45) is 17.8 Å². The summed E-state index contributed by atoms with van der Waals surface area (Å²) in [5.74, 6) is 0.351. The number of benzene rings is 2. The van der Waals surface area contributed by atoms with Crippen LogP contribution in [0.4, 0.5) is 14.5 Å². The lowest BCUT2D eigenvalue weighted by Gasteiger charge is -2.54. The van der Waals surface area contributed by atoms with Crippen molar-refractivity contribution in [3.8, 4) is 0 Å². The van der Waals surface area contributed by atoms with Crippen molar-refractivity contribution < 1.29 is 26.7 Å². The number of rotatable bonds is 12. The highest BCUT2D eigenvalue weighted by molar-refractivity contribution is 7.92. The van der Waals surface area contributed by atoms with Crippen LogP contribution in [0.3, 0.4) is 0 Å². The molecular weight excluding hydrogens is 620 g/mol. The average molecular weight is 670 g/mol. The normalized spacial score (nSPS) is 26.7. The second kappa shape index (κ2) is 13.0. The molecule has 3 aliphatic heterocycles. The summed E-state index contributed by atoms with van der Waals surface area (Å²) in [5, 5.41) is -0.242. The molecule has 47 heavy (non-hydrogen) atoms. The molecule has 0 aromatic heterocycles. The molecule has 3 atom stereocenters. The van der Waals surface area contributed by atoms with E-state index in [9.17, 15) is 17.6 Å². The van der Waals surface area contributed by atoms with Gasteiger partial charge in [-0.1, -0.05) is 18.6 Å². The fourth-order valence-electron chi connectivity index (χ4n) is 9.38. The van der Waals surface area contributed by atoms with Crippen LogP contribution in [0.2, 0.25) is 0 Å². The molecule has 0 radical (unpaired) electrons. The summed E-state index contributed by atoms with van der Waals surface area (Å²) >= 11 is 0. The number of alkyl halides is 1. The number of hydrogen-bond donors (Lipinski definition) is 0. The van der Waals surface area contributed by atoms with Gasteiger partial charge in [0, 0.05) is 30.6 Å². The number of piperidine rings is 1. The van der Waals surface area contributed by atoms with Crippen molar-refractivity contribution in [3.63, 3.8) is 0 Å². The van der Waals surface area contributed by atoms with Gasteiger partial charge < -0.3 is 14.5 Å². The third-order valence-electron chi connectivity index (χ3n) is 12.0. The maximum absolute atomic E-state index is 16.1. The molecule has 2 saturated carbocycles. The number of hydrogen-bond acceptors (Lipinski definition) is 7. The van der Waals surface area contributed by atoms with E-state index in [0.29, 0.717) is 36.9 Å². The number of anilines is 1. The molecule has 3 heterocycles. The summed E-state index contributed by atoms with van der Waals surface area (Å²) < 4.78 is 61.2. The number of nitrogens with zero attached hydrogens (tertiary/aromatic N) is 3. The van der Waals surface area contributed by atoms with Crippen LogP contribution in [0.15, 0.2) is 53.4 Å². The number of halogens is 2. The molecule has 256 valence electrons. The topological polar surface area (TPSA) is 70.2 Å². The summed E-state index contributed by atoms with van der Waals surface area (Å²) in [7, 11) is -1.78. The summed E-state index contributed by atoms with van der Waals surface area (Å²) in [6, 6.07) is 14.2. The van der Waals surface area contributed by atoms with Gasteiger partial charge in [-0.15, -0.1) is 0 Å². The SMILES string of the molecule is COC(=O)C[C@H]1CCC[C@@H]1[C@](CN1CCC1)(c1cccc(F)c1)C1CCN(CC2(F)CN(c3ccc(S(=O)(=O)C4CC4)cc3)C2)CC1.